The van der Waals surface area contributed by atoms with Crippen LogP contribution in [-0.2, 0) is 0 Å². The Bertz CT molecular complexity index is 321. The molecule has 1 N–H and O–H groups in total. The molecule has 0 radical (unpaired) electrons. The zero-order valence-electron chi connectivity index (χ0n) is 9.65. The summed E-state index contributed by atoms with van der Waals surface area (Å²) in [6.07, 6.45) is -0.752. The van der Waals surface area contributed by atoms with Crippen LogP contribution in [0.3, 0.4) is 0 Å². The first-order chi connectivity index (χ1) is 7.04. The van der Waals surface area contributed by atoms with E-state index in [4.69, 9.17) is 9.47 Å². The Morgan fingerprint density at radius 3 is 2.40 bits per heavy atom. The van der Waals surface area contributed by atoms with Gasteiger partial charge in [0.2, 0.25) is 0 Å². The van der Waals surface area contributed by atoms with Crippen molar-refractivity contribution in [3.05, 3.63) is 23.8 Å². The van der Waals surface area contributed by atoms with Gasteiger partial charge in [0.1, 0.15) is 6.10 Å². The van der Waals surface area contributed by atoms with Crippen molar-refractivity contribution in [2.75, 3.05) is 7.11 Å². The van der Waals surface area contributed by atoms with Crippen LogP contribution in [-0.4, -0.2) is 24.4 Å². The zero-order valence-corrected chi connectivity index (χ0v) is 9.65. The highest BCUT2D eigenvalue weighted by molar-refractivity contribution is 5.42. The zero-order chi connectivity index (χ0) is 11.4. The van der Waals surface area contributed by atoms with Crippen LogP contribution in [0.25, 0.3) is 0 Å². The van der Waals surface area contributed by atoms with E-state index in [0.717, 1.165) is 5.56 Å². The van der Waals surface area contributed by atoms with E-state index in [1.165, 1.54) is 0 Å². The second-order valence-corrected chi connectivity index (χ2v) is 3.72. The van der Waals surface area contributed by atoms with Crippen molar-refractivity contribution < 1.29 is 14.6 Å². The first-order valence-electron chi connectivity index (χ1n) is 5.04. The number of aryl methyl sites for hydroxylation is 1. The van der Waals surface area contributed by atoms with E-state index in [-0.39, 0.29) is 6.10 Å². The SMILES string of the molecule is COc1cc(C)ccc1OC(C)C(C)O. The fourth-order valence-corrected chi connectivity index (χ4v) is 1.17. The lowest BCUT2D eigenvalue weighted by atomic mass is 10.2. The van der Waals surface area contributed by atoms with Crippen molar-refractivity contribution >= 4 is 0 Å². The summed E-state index contributed by atoms with van der Waals surface area (Å²) in [6.45, 7) is 5.51. The summed E-state index contributed by atoms with van der Waals surface area (Å²) in [5.74, 6) is 1.36. The number of benzene rings is 1. The summed E-state index contributed by atoms with van der Waals surface area (Å²) in [5.41, 5.74) is 1.11. The summed E-state index contributed by atoms with van der Waals surface area (Å²) in [6, 6.07) is 5.71. The molecule has 84 valence electrons. The predicted octanol–water partition coefficient (Wildman–Crippen LogP) is 2.15. The molecule has 3 nitrogen and oxygen atoms in total. The van der Waals surface area contributed by atoms with Crippen LogP contribution in [0.4, 0.5) is 0 Å². The molecule has 1 rings (SSSR count). The maximum atomic E-state index is 9.33. The van der Waals surface area contributed by atoms with E-state index in [1.807, 2.05) is 32.0 Å². The van der Waals surface area contributed by atoms with Crippen molar-refractivity contribution in [2.24, 2.45) is 0 Å². The molecule has 0 heterocycles. The van der Waals surface area contributed by atoms with Gasteiger partial charge in [0.05, 0.1) is 13.2 Å². The Hall–Kier alpha value is -1.22. The number of hydrogen-bond acceptors (Lipinski definition) is 3. The van der Waals surface area contributed by atoms with E-state index >= 15 is 0 Å². The summed E-state index contributed by atoms with van der Waals surface area (Å²) in [5, 5.41) is 9.33. The van der Waals surface area contributed by atoms with Crippen LogP contribution in [0.15, 0.2) is 18.2 Å². The quantitative estimate of drug-likeness (QED) is 0.827. The lowest BCUT2D eigenvalue weighted by molar-refractivity contribution is 0.0586. The molecule has 0 bridgehead atoms. The predicted molar refractivity (Wildman–Crippen MR) is 59.5 cm³/mol. The number of methoxy groups -OCH3 is 1. The fraction of sp³-hybridized carbons (Fsp3) is 0.500. The molecule has 1 aromatic rings. The number of rotatable bonds is 4. The van der Waals surface area contributed by atoms with Crippen LogP contribution < -0.4 is 9.47 Å². The largest absolute Gasteiger partial charge is 0.493 e. The van der Waals surface area contributed by atoms with Gasteiger partial charge in [-0.15, -0.1) is 0 Å². The van der Waals surface area contributed by atoms with E-state index in [2.05, 4.69) is 0 Å². The third-order valence-electron chi connectivity index (χ3n) is 2.31. The average Bonchev–Trinajstić information content (AvgIpc) is 2.20. The normalized spacial score (nSPS) is 14.5. The highest BCUT2D eigenvalue weighted by atomic mass is 16.5. The average molecular weight is 210 g/mol. The molecule has 0 aliphatic heterocycles. The maximum absolute atomic E-state index is 9.33. The molecule has 0 aromatic heterocycles. The van der Waals surface area contributed by atoms with Crippen molar-refractivity contribution in [3.63, 3.8) is 0 Å². The second kappa shape index (κ2) is 5.03. The molecule has 2 atom stereocenters. The van der Waals surface area contributed by atoms with Crippen LogP contribution in [0, 0.1) is 6.92 Å². The van der Waals surface area contributed by atoms with Gasteiger partial charge >= 0.3 is 0 Å². The summed E-state index contributed by atoms with van der Waals surface area (Å²) in [4.78, 5) is 0. The van der Waals surface area contributed by atoms with Gasteiger partial charge in [-0.3, -0.25) is 0 Å². The van der Waals surface area contributed by atoms with Crippen LogP contribution in [0.1, 0.15) is 19.4 Å². The summed E-state index contributed by atoms with van der Waals surface area (Å²) >= 11 is 0. The smallest absolute Gasteiger partial charge is 0.161 e. The first kappa shape index (κ1) is 11.9. The molecule has 0 saturated carbocycles. The summed E-state index contributed by atoms with van der Waals surface area (Å²) < 4.78 is 10.8. The monoisotopic (exact) mass is 210 g/mol. The minimum atomic E-state index is -0.504. The van der Waals surface area contributed by atoms with Gasteiger partial charge in [-0.25, -0.2) is 0 Å². The minimum absolute atomic E-state index is 0.249. The molecule has 15 heavy (non-hydrogen) atoms. The third-order valence-corrected chi connectivity index (χ3v) is 2.31. The highest BCUT2D eigenvalue weighted by Gasteiger charge is 2.13. The molecule has 0 aliphatic rings. The maximum Gasteiger partial charge on any atom is 0.161 e. The van der Waals surface area contributed by atoms with Gasteiger partial charge in [0.15, 0.2) is 11.5 Å². The topological polar surface area (TPSA) is 38.7 Å². The van der Waals surface area contributed by atoms with Gasteiger partial charge in [0.25, 0.3) is 0 Å². The lowest BCUT2D eigenvalue weighted by Crippen LogP contribution is -2.25. The Kier molecular flexibility index (Phi) is 3.97. The van der Waals surface area contributed by atoms with Crippen LogP contribution >= 0.6 is 0 Å². The molecular weight excluding hydrogens is 192 g/mol. The molecule has 2 unspecified atom stereocenters. The van der Waals surface area contributed by atoms with Crippen molar-refractivity contribution in [2.45, 2.75) is 33.0 Å². The molecule has 0 aliphatic carbocycles. The molecule has 0 amide bonds. The van der Waals surface area contributed by atoms with Crippen LogP contribution in [0.2, 0.25) is 0 Å². The number of ether oxygens (including phenoxy) is 2. The standard InChI is InChI=1S/C12H18O3/c1-8-5-6-11(12(7-8)14-4)15-10(3)9(2)13/h5-7,9-10,13H,1-4H3. The van der Waals surface area contributed by atoms with Gasteiger partial charge in [-0.05, 0) is 38.5 Å². The third kappa shape index (κ3) is 3.13. The van der Waals surface area contributed by atoms with Crippen molar-refractivity contribution in [1.82, 2.24) is 0 Å². The Labute approximate surface area is 90.6 Å². The first-order valence-corrected chi connectivity index (χ1v) is 5.04. The van der Waals surface area contributed by atoms with Crippen molar-refractivity contribution in [3.8, 4) is 11.5 Å². The Balaban J connectivity index is 2.84. The molecule has 0 saturated heterocycles. The van der Waals surface area contributed by atoms with E-state index in [0.29, 0.717) is 11.5 Å². The van der Waals surface area contributed by atoms with Crippen molar-refractivity contribution in [1.29, 1.82) is 0 Å². The van der Waals surface area contributed by atoms with E-state index < -0.39 is 6.10 Å². The van der Waals surface area contributed by atoms with E-state index in [1.54, 1.807) is 14.0 Å². The number of hydrogen-bond donors (Lipinski definition) is 1. The number of aliphatic hydroxyl groups is 1. The van der Waals surface area contributed by atoms with Gasteiger partial charge in [-0.1, -0.05) is 6.07 Å². The Morgan fingerprint density at radius 2 is 1.87 bits per heavy atom. The molecule has 0 spiro atoms. The minimum Gasteiger partial charge on any atom is -0.493 e. The Morgan fingerprint density at radius 1 is 1.20 bits per heavy atom. The fourth-order valence-electron chi connectivity index (χ4n) is 1.17. The van der Waals surface area contributed by atoms with Gasteiger partial charge in [0, 0.05) is 0 Å². The highest BCUT2D eigenvalue weighted by Crippen LogP contribution is 2.28. The molecule has 1 aromatic carbocycles. The van der Waals surface area contributed by atoms with Crippen LogP contribution in [0.5, 0.6) is 11.5 Å². The lowest BCUT2D eigenvalue weighted by Gasteiger charge is -2.19. The van der Waals surface area contributed by atoms with Gasteiger partial charge < -0.3 is 14.6 Å². The molecule has 3 heteroatoms. The van der Waals surface area contributed by atoms with E-state index in [9.17, 15) is 5.11 Å². The molecular formula is C12H18O3. The van der Waals surface area contributed by atoms with Gasteiger partial charge in [-0.2, -0.15) is 0 Å². The molecule has 0 fully saturated rings. The summed E-state index contributed by atoms with van der Waals surface area (Å²) in [7, 11) is 1.61. The number of aliphatic hydroxyl groups excluding tert-OH is 1. The second-order valence-electron chi connectivity index (χ2n) is 3.72.